The highest BCUT2D eigenvalue weighted by Gasteiger charge is 2.56. The van der Waals surface area contributed by atoms with Crippen molar-refractivity contribution in [2.75, 3.05) is 12.6 Å². The Hall–Kier alpha value is -1.22. The first-order valence-electron chi connectivity index (χ1n) is 9.61. The van der Waals surface area contributed by atoms with Crippen molar-refractivity contribution in [1.29, 1.82) is 0 Å². The van der Waals surface area contributed by atoms with E-state index in [1.165, 1.54) is 7.11 Å². The van der Waals surface area contributed by atoms with Gasteiger partial charge in [0.1, 0.15) is 5.60 Å². The van der Waals surface area contributed by atoms with Crippen LogP contribution in [0.4, 0.5) is 5.82 Å². The summed E-state index contributed by atoms with van der Waals surface area (Å²) in [6.07, 6.45) is 2.05. The molecule has 0 aliphatic carbocycles. The highest BCUT2D eigenvalue weighted by atomic mass is 28.4. The third kappa shape index (κ3) is 4.13. The maximum atomic E-state index is 12.7. The normalized spacial score (nSPS) is 29.1. The minimum absolute atomic E-state index is 0.0217. The Morgan fingerprint density at radius 3 is 2.52 bits per heavy atom. The van der Waals surface area contributed by atoms with E-state index in [0.29, 0.717) is 5.82 Å². The summed E-state index contributed by atoms with van der Waals surface area (Å²) in [5.41, 5.74) is 1.57. The largest absolute Gasteiger partial charge is 0.407 e. The smallest absolute Gasteiger partial charge is 0.351 e. The maximum absolute atomic E-state index is 12.7. The SMILES string of the molecule is CC[C@H]1O[C@@H](n2ccc(NOC)nc2=O)C(C)(O[Si](C)(C)C(C)(C)C)[C@H]1C. The number of aromatic nitrogens is 2. The van der Waals surface area contributed by atoms with Crippen molar-refractivity contribution >= 4 is 14.1 Å². The Kier molecular flexibility index (Phi) is 6.26. The van der Waals surface area contributed by atoms with E-state index >= 15 is 0 Å². The minimum Gasteiger partial charge on any atom is -0.407 e. The van der Waals surface area contributed by atoms with E-state index in [1.807, 2.05) is 0 Å². The fourth-order valence-corrected chi connectivity index (χ4v) is 5.10. The van der Waals surface area contributed by atoms with E-state index in [9.17, 15) is 4.79 Å². The van der Waals surface area contributed by atoms with E-state index in [-0.39, 0.29) is 17.1 Å². The van der Waals surface area contributed by atoms with Crippen molar-refractivity contribution in [3.05, 3.63) is 22.7 Å². The zero-order chi connectivity index (χ0) is 20.6. The number of nitrogens with one attached hydrogen (secondary N) is 1. The molecule has 1 N–H and O–H groups in total. The molecule has 0 spiro atoms. The van der Waals surface area contributed by atoms with Crippen LogP contribution in [0.15, 0.2) is 17.1 Å². The molecule has 2 rings (SSSR count). The van der Waals surface area contributed by atoms with Crippen LogP contribution >= 0.6 is 0 Å². The van der Waals surface area contributed by atoms with Gasteiger partial charge in [-0.05, 0) is 37.5 Å². The van der Waals surface area contributed by atoms with E-state index in [4.69, 9.17) is 14.0 Å². The average Bonchev–Trinajstić information content (AvgIpc) is 2.78. The van der Waals surface area contributed by atoms with Gasteiger partial charge in [-0.25, -0.2) is 10.3 Å². The number of hydrogen-bond donors (Lipinski definition) is 1. The second kappa shape index (κ2) is 7.65. The monoisotopic (exact) mass is 397 g/mol. The van der Waals surface area contributed by atoms with Gasteiger partial charge >= 0.3 is 5.69 Å². The quantitative estimate of drug-likeness (QED) is 0.579. The molecule has 0 amide bonds. The Morgan fingerprint density at radius 1 is 1.41 bits per heavy atom. The second-order valence-electron chi connectivity index (χ2n) is 9.08. The number of ether oxygens (including phenoxy) is 1. The molecule has 0 aromatic carbocycles. The van der Waals surface area contributed by atoms with Gasteiger partial charge in [0.25, 0.3) is 0 Å². The third-order valence-corrected chi connectivity index (χ3v) is 10.8. The summed E-state index contributed by atoms with van der Waals surface area (Å²) >= 11 is 0. The van der Waals surface area contributed by atoms with E-state index in [2.05, 4.69) is 65.1 Å². The Labute approximate surface area is 163 Å². The molecule has 154 valence electrons. The Balaban J connectivity index is 2.48. The number of anilines is 1. The molecule has 27 heavy (non-hydrogen) atoms. The lowest BCUT2D eigenvalue weighted by Crippen LogP contribution is -2.54. The molecule has 0 bridgehead atoms. The van der Waals surface area contributed by atoms with Gasteiger partial charge in [0, 0.05) is 12.1 Å². The molecular formula is C19H35N3O4Si. The minimum atomic E-state index is -2.09. The zero-order valence-electron chi connectivity index (χ0n) is 18.1. The van der Waals surface area contributed by atoms with Gasteiger partial charge in [0.05, 0.1) is 13.2 Å². The Bertz CT molecular complexity index is 716. The molecule has 1 aromatic heterocycles. The van der Waals surface area contributed by atoms with Gasteiger partial charge in [0.2, 0.25) is 0 Å². The van der Waals surface area contributed by atoms with Crippen LogP contribution < -0.4 is 11.2 Å². The molecular weight excluding hydrogens is 362 g/mol. The molecule has 8 heteroatoms. The van der Waals surface area contributed by atoms with Gasteiger partial charge < -0.3 is 9.16 Å². The molecule has 1 aliphatic rings. The van der Waals surface area contributed by atoms with Gasteiger partial charge in [-0.15, -0.1) is 0 Å². The zero-order valence-corrected chi connectivity index (χ0v) is 19.1. The molecule has 0 radical (unpaired) electrons. The molecule has 1 aromatic rings. The number of nitrogens with zero attached hydrogens (tertiary/aromatic N) is 2. The maximum Gasteiger partial charge on any atom is 0.351 e. The van der Waals surface area contributed by atoms with Crippen molar-refractivity contribution in [3.63, 3.8) is 0 Å². The van der Waals surface area contributed by atoms with Gasteiger partial charge in [-0.2, -0.15) is 4.98 Å². The van der Waals surface area contributed by atoms with E-state index < -0.39 is 25.8 Å². The van der Waals surface area contributed by atoms with Crippen LogP contribution in [0.5, 0.6) is 0 Å². The highest BCUT2D eigenvalue weighted by molar-refractivity contribution is 6.74. The van der Waals surface area contributed by atoms with Crippen LogP contribution in [0.25, 0.3) is 0 Å². The predicted octanol–water partition coefficient (Wildman–Crippen LogP) is 3.94. The topological polar surface area (TPSA) is 74.6 Å². The Morgan fingerprint density at radius 2 is 2.04 bits per heavy atom. The van der Waals surface area contributed by atoms with E-state index in [0.717, 1.165) is 6.42 Å². The lowest BCUT2D eigenvalue weighted by molar-refractivity contribution is -0.0799. The molecule has 0 saturated carbocycles. The molecule has 1 fully saturated rings. The van der Waals surface area contributed by atoms with Crippen LogP contribution in [0.1, 0.15) is 54.2 Å². The molecule has 1 unspecified atom stereocenters. The molecule has 4 atom stereocenters. The first-order chi connectivity index (χ1) is 12.4. The average molecular weight is 398 g/mol. The van der Waals surface area contributed by atoms with Crippen LogP contribution in [0, 0.1) is 5.92 Å². The van der Waals surface area contributed by atoms with Gasteiger partial charge in [-0.3, -0.25) is 9.40 Å². The molecule has 2 heterocycles. The van der Waals surface area contributed by atoms with Crippen molar-refractivity contribution in [1.82, 2.24) is 9.55 Å². The van der Waals surface area contributed by atoms with Gasteiger partial charge in [-0.1, -0.05) is 34.6 Å². The van der Waals surface area contributed by atoms with Crippen molar-refractivity contribution < 1.29 is 14.0 Å². The summed E-state index contributed by atoms with van der Waals surface area (Å²) in [6.45, 7) is 17.4. The summed E-state index contributed by atoms with van der Waals surface area (Å²) < 4.78 is 14.8. The third-order valence-electron chi connectivity index (χ3n) is 6.23. The molecule has 7 nitrogen and oxygen atoms in total. The molecule has 1 saturated heterocycles. The number of hydrogen-bond acceptors (Lipinski definition) is 6. The first kappa shape index (κ1) is 22.1. The molecule has 1 aliphatic heterocycles. The van der Waals surface area contributed by atoms with Crippen LogP contribution in [0.2, 0.25) is 18.1 Å². The van der Waals surface area contributed by atoms with Crippen molar-refractivity contribution in [2.45, 2.75) is 84.0 Å². The first-order valence-corrected chi connectivity index (χ1v) is 12.5. The fraction of sp³-hybridized carbons (Fsp3) is 0.789. The summed E-state index contributed by atoms with van der Waals surface area (Å²) in [4.78, 5) is 21.6. The summed E-state index contributed by atoms with van der Waals surface area (Å²) in [6, 6.07) is 1.70. The fourth-order valence-electron chi connectivity index (χ4n) is 3.40. The van der Waals surface area contributed by atoms with Crippen LogP contribution in [-0.2, 0) is 14.0 Å². The predicted molar refractivity (Wildman–Crippen MR) is 109 cm³/mol. The van der Waals surface area contributed by atoms with E-state index in [1.54, 1.807) is 16.8 Å². The van der Waals surface area contributed by atoms with Crippen LogP contribution in [-0.4, -0.2) is 36.7 Å². The second-order valence-corrected chi connectivity index (χ2v) is 13.8. The van der Waals surface area contributed by atoms with Crippen molar-refractivity contribution in [2.24, 2.45) is 5.92 Å². The van der Waals surface area contributed by atoms with Crippen molar-refractivity contribution in [3.8, 4) is 0 Å². The highest BCUT2D eigenvalue weighted by Crippen LogP contribution is 2.50. The van der Waals surface area contributed by atoms with Crippen LogP contribution in [0.3, 0.4) is 0 Å². The number of rotatable bonds is 6. The van der Waals surface area contributed by atoms with Gasteiger partial charge in [0.15, 0.2) is 20.4 Å². The standard InChI is InChI=1S/C19H35N3O4Si/c1-10-14-13(2)19(6,26-27(8,9)18(3,4)5)16(25-14)22-12-11-15(21-24-7)20-17(22)23/h11-14,16H,10H2,1-9H3,(H,20,21,23)/t13-,14+,16+,19?/m0/s1. The lowest BCUT2D eigenvalue weighted by atomic mass is 9.87. The summed E-state index contributed by atoms with van der Waals surface area (Å²) in [5.74, 6) is 0.508. The lowest BCUT2D eigenvalue weighted by Gasteiger charge is -2.46. The summed E-state index contributed by atoms with van der Waals surface area (Å²) in [7, 11) is -0.613. The summed E-state index contributed by atoms with van der Waals surface area (Å²) in [5, 5.41) is 0.0556.